The number of ether oxygens (including phenoxy) is 1. The molecule has 0 bridgehead atoms. The van der Waals surface area contributed by atoms with Gasteiger partial charge in [-0.25, -0.2) is 8.78 Å². The molecule has 1 aromatic carbocycles. The number of benzene rings is 1. The maximum atomic E-state index is 13.2. The van der Waals surface area contributed by atoms with Crippen LogP contribution in [-0.4, -0.2) is 19.7 Å². The van der Waals surface area contributed by atoms with Crippen LogP contribution < -0.4 is 5.32 Å². The minimum atomic E-state index is -0.537. The van der Waals surface area contributed by atoms with Crippen LogP contribution in [0.25, 0.3) is 0 Å². The van der Waals surface area contributed by atoms with Crippen molar-refractivity contribution in [2.24, 2.45) is 5.92 Å². The van der Waals surface area contributed by atoms with Gasteiger partial charge in [-0.1, -0.05) is 6.07 Å². The van der Waals surface area contributed by atoms with E-state index in [1.165, 1.54) is 18.2 Å². The lowest BCUT2D eigenvalue weighted by Crippen LogP contribution is -2.14. The zero-order valence-corrected chi connectivity index (χ0v) is 9.01. The number of nitrogens with one attached hydrogen (secondary N) is 1. The zero-order valence-electron chi connectivity index (χ0n) is 9.01. The Kier molecular flexibility index (Phi) is 3.85. The third kappa shape index (κ3) is 2.77. The van der Waals surface area contributed by atoms with Gasteiger partial charge in [0.2, 0.25) is 0 Å². The van der Waals surface area contributed by atoms with E-state index in [4.69, 9.17) is 4.74 Å². The summed E-state index contributed by atoms with van der Waals surface area (Å²) in [6.07, 6.45) is 1.07. The molecular weight excluding hydrogens is 212 g/mol. The van der Waals surface area contributed by atoms with Crippen molar-refractivity contribution < 1.29 is 13.5 Å². The molecule has 1 aliphatic heterocycles. The molecule has 0 aromatic heterocycles. The fourth-order valence-electron chi connectivity index (χ4n) is 1.85. The van der Waals surface area contributed by atoms with Crippen LogP contribution >= 0.6 is 0 Å². The van der Waals surface area contributed by atoms with Crippen molar-refractivity contribution in [1.82, 2.24) is 5.32 Å². The van der Waals surface area contributed by atoms with Crippen LogP contribution in [0.2, 0.25) is 0 Å². The van der Waals surface area contributed by atoms with Gasteiger partial charge in [-0.2, -0.15) is 0 Å². The molecule has 0 aliphatic carbocycles. The summed E-state index contributed by atoms with van der Waals surface area (Å²) in [7, 11) is 0. The van der Waals surface area contributed by atoms with Gasteiger partial charge in [0.1, 0.15) is 11.6 Å². The molecule has 0 radical (unpaired) electrons. The van der Waals surface area contributed by atoms with Gasteiger partial charge in [0.25, 0.3) is 0 Å². The Bertz CT molecular complexity index is 331. The fraction of sp³-hybridized carbons (Fsp3) is 0.500. The van der Waals surface area contributed by atoms with Gasteiger partial charge in [0.15, 0.2) is 0 Å². The number of hydrogen-bond acceptors (Lipinski definition) is 2. The molecule has 0 amide bonds. The number of rotatable bonds is 4. The van der Waals surface area contributed by atoms with Crippen LogP contribution in [0.15, 0.2) is 18.2 Å². The minimum Gasteiger partial charge on any atom is -0.376 e. The maximum absolute atomic E-state index is 13.2. The van der Waals surface area contributed by atoms with Crippen molar-refractivity contribution in [3.8, 4) is 0 Å². The molecule has 4 heteroatoms. The van der Waals surface area contributed by atoms with E-state index in [1.807, 2.05) is 0 Å². The molecule has 0 spiro atoms. The highest BCUT2D eigenvalue weighted by Crippen LogP contribution is 2.14. The first-order chi connectivity index (χ1) is 7.77. The molecule has 88 valence electrons. The predicted molar refractivity (Wildman–Crippen MR) is 57.0 cm³/mol. The van der Waals surface area contributed by atoms with Gasteiger partial charge in [0.05, 0.1) is 13.2 Å². The molecule has 1 saturated heterocycles. The third-order valence-electron chi connectivity index (χ3n) is 2.82. The Morgan fingerprint density at radius 2 is 2.06 bits per heavy atom. The van der Waals surface area contributed by atoms with E-state index in [0.29, 0.717) is 12.5 Å². The summed E-state index contributed by atoms with van der Waals surface area (Å²) in [5, 5.41) is 3.22. The second-order valence-corrected chi connectivity index (χ2v) is 4.07. The summed E-state index contributed by atoms with van der Waals surface area (Å²) in [5.74, 6) is -0.607. The summed E-state index contributed by atoms with van der Waals surface area (Å²) < 4.78 is 31.8. The molecule has 1 unspecified atom stereocenters. The van der Waals surface area contributed by atoms with Gasteiger partial charge in [-0.15, -0.1) is 0 Å². The highest BCUT2D eigenvalue weighted by Gasteiger charge is 2.15. The monoisotopic (exact) mass is 227 g/mol. The van der Waals surface area contributed by atoms with E-state index in [0.717, 1.165) is 19.5 Å². The topological polar surface area (TPSA) is 21.3 Å². The van der Waals surface area contributed by atoms with Crippen LogP contribution in [0.1, 0.15) is 12.0 Å². The second-order valence-electron chi connectivity index (χ2n) is 4.07. The van der Waals surface area contributed by atoms with E-state index in [9.17, 15) is 8.78 Å². The second kappa shape index (κ2) is 5.37. The minimum absolute atomic E-state index is 0.00894. The first-order valence-electron chi connectivity index (χ1n) is 5.48. The largest absolute Gasteiger partial charge is 0.376 e. The summed E-state index contributed by atoms with van der Waals surface area (Å²) >= 11 is 0. The molecule has 2 nitrogen and oxygen atoms in total. The SMILES string of the molecule is Fc1cccc(F)c1COCC1CCNC1. The number of halogens is 2. The first kappa shape index (κ1) is 11.5. The lowest BCUT2D eigenvalue weighted by atomic mass is 10.1. The summed E-state index contributed by atoms with van der Waals surface area (Å²) in [4.78, 5) is 0. The molecule has 1 atom stereocenters. The average Bonchev–Trinajstić information content (AvgIpc) is 2.75. The van der Waals surface area contributed by atoms with Crippen molar-refractivity contribution in [2.45, 2.75) is 13.0 Å². The first-order valence-corrected chi connectivity index (χ1v) is 5.48. The van der Waals surface area contributed by atoms with Crippen LogP contribution in [0.5, 0.6) is 0 Å². The molecular formula is C12H15F2NO. The molecule has 1 aliphatic rings. The van der Waals surface area contributed by atoms with Gasteiger partial charge in [-0.3, -0.25) is 0 Å². The van der Waals surface area contributed by atoms with E-state index in [2.05, 4.69) is 5.32 Å². The molecule has 16 heavy (non-hydrogen) atoms. The van der Waals surface area contributed by atoms with Crippen LogP contribution in [0.3, 0.4) is 0 Å². The van der Waals surface area contributed by atoms with Gasteiger partial charge < -0.3 is 10.1 Å². The highest BCUT2D eigenvalue weighted by atomic mass is 19.1. The third-order valence-corrected chi connectivity index (χ3v) is 2.82. The van der Waals surface area contributed by atoms with E-state index in [1.54, 1.807) is 0 Å². The Balaban J connectivity index is 1.84. The van der Waals surface area contributed by atoms with Crippen molar-refractivity contribution >= 4 is 0 Å². The quantitative estimate of drug-likeness (QED) is 0.850. The van der Waals surface area contributed by atoms with Crippen molar-refractivity contribution in [3.63, 3.8) is 0 Å². The summed E-state index contributed by atoms with van der Waals surface area (Å²) in [6, 6.07) is 3.85. The standard InChI is InChI=1S/C12H15F2NO/c13-11-2-1-3-12(14)10(11)8-16-7-9-4-5-15-6-9/h1-3,9,15H,4-8H2. The molecule has 0 saturated carbocycles. The Hall–Kier alpha value is -1.00. The summed E-state index contributed by atoms with van der Waals surface area (Å²) in [6.45, 7) is 2.50. The molecule has 1 aromatic rings. The smallest absolute Gasteiger partial charge is 0.131 e. The van der Waals surface area contributed by atoms with Crippen LogP contribution in [-0.2, 0) is 11.3 Å². The molecule has 1 heterocycles. The lowest BCUT2D eigenvalue weighted by molar-refractivity contribution is 0.0884. The Morgan fingerprint density at radius 1 is 1.31 bits per heavy atom. The Labute approximate surface area is 93.6 Å². The van der Waals surface area contributed by atoms with E-state index in [-0.39, 0.29) is 12.2 Å². The maximum Gasteiger partial charge on any atom is 0.131 e. The van der Waals surface area contributed by atoms with Crippen molar-refractivity contribution in [1.29, 1.82) is 0 Å². The predicted octanol–water partition coefficient (Wildman–Crippen LogP) is 2.09. The highest BCUT2D eigenvalue weighted by molar-refractivity contribution is 5.18. The average molecular weight is 227 g/mol. The van der Waals surface area contributed by atoms with Crippen LogP contribution in [0, 0.1) is 17.6 Å². The van der Waals surface area contributed by atoms with Gasteiger partial charge in [-0.05, 0) is 31.0 Å². The van der Waals surface area contributed by atoms with Gasteiger partial charge in [0, 0.05) is 12.1 Å². The Morgan fingerprint density at radius 3 is 2.69 bits per heavy atom. The van der Waals surface area contributed by atoms with E-state index < -0.39 is 11.6 Å². The molecule has 2 rings (SSSR count). The summed E-state index contributed by atoms with van der Waals surface area (Å²) in [5.41, 5.74) is 0.0217. The normalized spacial score (nSPS) is 20.2. The zero-order chi connectivity index (χ0) is 11.4. The van der Waals surface area contributed by atoms with Gasteiger partial charge >= 0.3 is 0 Å². The molecule has 1 N–H and O–H groups in total. The van der Waals surface area contributed by atoms with Crippen molar-refractivity contribution in [3.05, 3.63) is 35.4 Å². The number of hydrogen-bond donors (Lipinski definition) is 1. The van der Waals surface area contributed by atoms with E-state index >= 15 is 0 Å². The van der Waals surface area contributed by atoms with Crippen molar-refractivity contribution in [2.75, 3.05) is 19.7 Å². The lowest BCUT2D eigenvalue weighted by Gasteiger charge is -2.10. The molecule has 1 fully saturated rings. The van der Waals surface area contributed by atoms with Crippen LogP contribution in [0.4, 0.5) is 8.78 Å². The fourth-order valence-corrected chi connectivity index (χ4v) is 1.85.